The molecule has 1 aromatic heterocycles. The Morgan fingerprint density at radius 2 is 2.20 bits per heavy atom. The van der Waals surface area contributed by atoms with E-state index >= 15 is 0 Å². The number of rotatable bonds is 8. The molecule has 1 N–H and O–H groups in total. The summed E-state index contributed by atoms with van der Waals surface area (Å²) in [6, 6.07) is 7.78. The van der Waals surface area contributed by atoms with Crippen molar-refractivity contribution in [2.75, 3.05) is 12.3 Å². The fourth-order valence-electron chi connectivity index (χ4n) is 2.92. The van der Waals surface area contributed by atoms with E-state index in [0.717, 1.165) is 42.1 Å². The molecule has 0 saturated carbocycles. The van der Waals surface area contributed by atoms with Crippen LogP contribution in [-0.4, -0.2) is 23.2 Å². The predicted molar refractivity (Wildman–Crippen MR) is 108 cm³/mol. The van der Waals surface area contributed by atoms with Crippen molar-refractivity contribution in [1.29, 1.82) is 0 Å². The summed E-state index contributed by atoms with van der Waals surface area (Å²) in [6.45, 7) is 0.723. The van der Waals surface area contributed by atoms with Crippen LogP contribution in [0.15, 0.2) is 24.3 Å². The second-order valence-electron chi connectivity index (χ2n) is 6.26. The molecule has 0 bridgehead atoms. The summed E-state index contributed by atoms with van der Waals surface area (Å²) in [5.41, 5.74) is 2.48. The molecule has 25 heavy (non-hydrogen) atoms. The molecule has 0 aliphatic heterocycles. The van der Waals surface area contributed by atoms with Gasteiger partial charge in [0.1, 0.15) is 0 Å². The van der Waals surface area contributed by atoms with Gasteiger partial charge in [-0.1, -0.05) is 23.7 Å². The lowest BCUT2D eigenvalue weighted by Crippen LogP contribution is -2.26. The SMILES string of the molecule is O=C(CSCc1cccc(Cl)c1)NCCCc1nc2c(s1)CCCC2. The van der Waals surface area contributed by atoms with Gasteiger partial charge in [-0.2, -0.15) is 0 Å². The maximum Gasteiger partial charge on any atom is 0.230 e. The van der Waals surface area contributed by atoms with Gasteiger partial charge >= 0.3 is 0 Å². The molecule has 0 atom stereocenters. The van der Waals surface area contributed by atoms with Gasteiger partial charge in [-0.05, 0) is 49.8 Å². The highest BCUT2D eigenvalue weighted by Gasteiger charge is 2.14. The number of thiazole rings is 1. The number of amides is 1. The third-order valence-electron chi connectivity index (χ3n) is 4.17. The summed E-state index contributed by atoms with van der Waals surface area (Å²) < 4.78 is 0. The average molecular weight is 395 g/mol. The average Bonchev–Trinajstić information content (AvgIpc) is 3.02. The number of hydrogen-bond donors (Lipinski definition) is 1. The second-order valence-corrected chi connectivity index (χ2v) is 8.85. The van der Waals surface area contributed by atoms with E-state index < -0.39 is 0 Å². The molecule has 0 spiro atoms. The molecule has 1 aromatic carbocycles. The number of fused-ring (bicyclic) bond motifs is 1. The number of halogens is 1. The van der Waals surface area contributed by atoms with Crippen molar-refractivity contribution in [3.8, 4) is 0 Å². The van der Waals surface area contributed by atoms with Crippen LogP contribution in [0.4, 0.5) is 0 Å². The molecule has 6 heteroatoms. The van der Waals surface area contributed by atoms with Crippen LogP contribution in [-0.2, 0) is 29.8 Å². The van der Waals surface area contributed by atoms with Crippen LogP contribution < -0.4 is 5.32 Å². The Bertz CT molecular complexity index is 694. The molecule has 2 aromatic rings. The molecule has 1 aliphatic rings. The van der Waals surface area contributed by atoms with Crippen LogP contribution in [0.25, 0.3) is 0 Å². The van der Waals surface area contributed by atoms with Gasteiger partial charge < -0.3 is 5.32 Å². The summed E-state index contributed by atoms with van der Waals surface area (Å²) in [7, 11) is 0. The molecule has 1 heterocycles. The first kappa shape index (κ1) is 18.7. The van der Waals surface area contributed by atoms with Gasteiger partial charge in [0.15, 0.2) is 0 Å². The zero-order valence-corrected chi connectivity index (χ0v) is 16.6. The minimum Gasteiger partial charge on any atom is -0.355 e. The molecule has 0 radical (unpaired) electrons. The summed E-state index contributed by atoms with van der Waals surface area (Å²) in [5, 5.41) is 4.98. The number of nitrogens with zero attached hydrogens (tertiary/aromatic N) is 1. The van der Waals surface area contributed by atoms with Crippen LogP contribution in [0.3, 0.4) is 0 Å². The second kappa shape index (κ2) is 9.60. The van der Waals surface area contributed by atoms with E-state index in [-0.39, 0.29) is 5.91 Å². The Morgan fingerprint density at radius 1 is 1.32 bits per heavy atom. The Hall–Kier alpha value is -1.04. The van der Waals surface area contributed by atoms with Crippen molar-refractivity contribution in [2.24, 2.45) is 0 Å². The van der Waals surface area contributed by atoms with Crippen molar-refractivity contribution in [2.45, 2.75) is 44.3 Å². The number of benzene rings is 1. The van der Waals surface area contributed by atoms with Gasteiger partial charge in [0, 0.05) is 28.6 Å². The van der Waals surface area contributed by atoms with Crippen molar-refractivity contribution >= 4 is 40.6 Å². The normalized spacial score (nSPS) is 13.5. The summed E-state index contributed by atoms with van der Waals surface area (Å²) in [4.78, 5) is 18.1. The van der Waals surface area contributed by atoms with E-state index in [4.69, 9.17) is 16.6 Å². The minimum absolute atomic E-state index is 0.102. The number of thioether (sulfide) groups is 1. The quantitative estimate of drug-likeness (QED) is 0.662. The fraction of sp³-hybridized carbons (Fsp3) is 0.474. The molecular weight excluding hydrogens is 372 g/mol. The van der Waals surface area contributed by atoms with E-state index in [1.165, 1.54) is 34.8 Å². The van der Waals surface area contributed by atoms with Gasteiger partial charge in [0.2, 0.25) is 5.91 Å². The van der Waals surface area contributed by atoms with Crippen molar-refractivity contribution < 1.29 is 4.79 Å². The van der Waals surface area contributed by atoms with E-state index in [9.17, 15) is 4.79 Å². The highest BCUT2D eigenvalue weighted by Crippen LogP contribution is 2.27. The largest absolute Gasteiger partial charge is 0.355 e. The van der Waals surface area contributed by atoms with Gasteiger partial charge in [-0.3, -0.25) is 4.79 Å². The van der Waals surface area contributed by atoms with Gasteiger partial charge in [-0.15, -0.1) is 23.1 Å². The molecule has 134 valence electrons. The fourth-order valence-corrected chi connectivity index (χ4v) is 5.14. The van der Waals surface area contributed by atoms with Crippen LogP contribution in [0.1, 0.15) is 40.4 Å². The molecule has 0 fully saturated rings. The first-order valence-corrected chi connectivity index (χ1v) is 11.1. The molecule has 3 rings (SSSR count). The van der Waals surface area contributed by atoms with Crippen molar-refractivity contribution in [3.63, 3.8) is 0 Å². The van der Waals surface area contributed by atoms with E-state index in [2.05, 4.69) is 5.32 Å². The van der Waals surface area contributed by atoms with Crippen molar-refractivity contribution in [1.82, 2.24) is 10.3 Å². The number of carbonyl (C=O) groups excluding carboxylic acids is 1. The highest BCUT2D eigenvalue weighted by atomic mass is 35.5. The Labute approximate surface area is 162 Å². The lowest BCUT2D eigenvalue weighted by Gasteiger charge is -2.06. The lowest BCUT2D eigenvalue weighted by molar-refractivity contribution is -0.118. The van der Waals surface area contributed by atoms with E-state index in [1.807, 2.05) is 35.6 Å². The van der Waals surface area contributed by atoms with Crippen LogP contribution in [0, 0.1) is 0 Å². The summed E-state index contributed by atoms with van der Waals surface area (Å²) >= 11 is 9.44. The molecule has 1 amide bonds. The van der Waals surface area contributed by atoms with Gasteiger partial charge in [0.05, 0.1) is 16.5 Å². The third-order valence-corrected chi connectivity index (χ3v) is 6.63. The first-order chi connectivity index (χ1) is 12.2. The van der Waals surface area contributed by atoms with Crippen LogP contribution in [0.5, 0.6) is 0 Å². The molecule has 0 unspecified atom stereocenters. The lowest BCUT2D eigenvalue weighted by atomic mass is 10.0. The topological polar surface area (TPSA) is 42.0 Å². The van der Waals surface area contributed by atoms with Gasteiger partial charge in [-0.25, -0.2) is 4.98 Å². The molecule has 3 nitrogen and oxygen atoms in total. The molecular formula is C19H23ClN2OS2. The number of carbonyl (C=O) groups is 1. The number of aromatic nitrogens is 1. The Balaban J connectivity index is 1.29. The Morgan fingerprint density at radius 3 is 3.04 bits per heavy atom. The van der Waals surface area contributed by atoms with Gasteiger partial charge in [0.25, 0.3) is 0 Å². The van der Waals surface area contributed by atoms with Crippen LogP contribution in [0.2, 0.25) is 5.02 Å². The molecule has 1 aliphatic carbocycles. The number of nitrogens with one attached hydrogen (secondary N) is 1. The van der Waals surface area contributed by atoms with Crippen molar-refractivity contribution in [3.05, 3.63) is 50.4 Å². The zero-order chi connectivity index (χ0) is 17.5. The summed E-state index contributed by atoms with van der Waals surface area (Å²) in [5.74, 6) is 1.39. The predicted octanol–water partition coefficient (Wildman–Crippen LogP) is 4.66. The van der Waals surface area contributed by atoms with E-state index in [0.29, 0.717) is 5.75 Å². The Kier molecular flexibility index (Phi) is 7.20. The number of aryl methyl sites for hydroxylation is 3. The molecule has 0 saturated heterocycles. The summed E-state index contributed by atoms with van der Waals surface area (Å²) in [6.07, 6.45) is 6.85. The highest BCUT2D eigenvalue weighted by molar-refractivity contribution is 7.99. The zero-order valence-electron chi connectivity index (χ0n) is 14.2. The third kappa shape index (κ3) is 6.01. The van der Waals surface area contributed by atoms with E-state index in [1.54, 1.807) is 11.8 Å². The smallest absolute Gasteiger partial charge is 0.230 e. The minimum atomic E-state index is 0.102. The number of hydrogen-bond acceptors (Lipinski definition) is 4. The monoisotopic (exact) mass is 394 g/mol. The maximum absolute atomic E-state index is 11.9. The first-order valence-electron chi connectivity index (χ1n) is 8.77. The van der Waals surface area contributed by atoms with Crippen LogP contribution >= 0.6 is 34.7 Å². The standard InChI is InChI=1S/C19H23ClN2OS2/c20-15-6-3-5-14(11-15)12-24-13-18(23)21-10-4-9-19-22-16-7-1-2-8-17(16)25-19/h3,5-6,11H,1-2,4,7-10,12-13H2,(H,21,23). The maximum atomic E-state index is 11.9.